The molecule has 20 heavy (non-hydrogen) atoms. The number of carbonyl (C=O) groups excluding carboxylic acids is 1. The Hall–Kier alpha value is -0.370. The van der Waals surface area contributed by atoms with Crippen LogP contribution in [0.2, 0.25) is 10.0 Å². The van der Waals surface area contributed by atoms with Crippen LogP contribution in [-0.4, -0.2) is 5.91 Å². The number of hydrogen-bond acceptors (Lipinski definition) is 1. The van der Waals surface area contributed by atoms with Crippen LogP contribution in [0.4, 0.5) is 10.1 Å². The first-order valence-corrected chi connectivity index (χ1v) is 7.92. The van der Waals surface area contributed by atoms with Crippen molar-refractivity contribution < 1.29 is 9.18 Å². The number of benzene rings is 2. The maximum absolute atomic E-state index is 13.1. The largest absolute Gasteiger partial charge is 0.319 e. The Labute approximate surface area is 146 Å². The highest BCUT2D eigenvalue weighted by atomic mass is 127. The smallest absolute Gasteiger partial charge is 0.256 e. The minimum absolute atomic E-state index is 0.0464. The van der Waals surface area contributed by atoms with Crippen LogP contribution in [0, 0.1) is 9.39 Å². The van der Waals surface area contributed by atoms with Crippen molar-refractivity contribution in [2.75, 3.05) is 5.32 Å². The van der Waals surface area contributed by atoms with Gasteiger partial charge in [-0.1, -0.05) is 23.2 Å². The highest BCUT2D eigenvalue weighted by Gasteiger charge is 2.15. The molecule has 0 bridgehead atoms. The summed E-state index contributed by atoms with van der Waals surface area (Å²) in [7, 11) is 0. The van der Waals surface area contributed by atoms with Crippen molar-refractivity contribution in [3.63, 3.8) is 0 Å². The first kappa shape index (κ1) is 16.0. The summed E-state index contributed by atoms with van der Waals surface area (Å²) < 4.78 is 14.6. The summed E-state index contributed by atoms with van der Waals surface area (Å²) in [6, 6.07) is 7.52. The molecular formula is C13H6BrCl2FINO. The minimum Gasteiger partial charge on any atom is -0.319 e. The van der Waals surface area contributed by atoms with Gasteiger partial charge in [-0.05, 0) is 68.9 Å². The lowest BCUT2D eigenvalue weighted by atomic mass is 10.2. The van der Waals surface area contributed by atoms with Crippen LogP contribution >= 0.6 is 61.7 Å². The van der Waals surface area contributed by atoms with E-state index in [2.05, 4.69) is 43.8 Å². The summed E-state index contributed by atoms with van der Waals surface area (Å²) in [5.74, 6) is -0.945. The van der Waals surface area contributed by atoms with Crippen LogP contribution in [0.15, 0.2) is 34.8 Å². The fourth-order valence-electron chi connectivity index (χ4n) is 1.51. The van der Waals surface area contributed by atoms with Gasteiger partial charge in [-0.25, -0.2) is 4.39 Å². The average molecular weight is 489 g/mol. The van der Waals surface area contributed by atoms with Gasteiger partial charge in [0.15, 0.2) is 0 Å². The van der Waals surface area contributed by atoms with E-state index in [1.54, 1.807) is 12.1 Å². The van der Waals surface area contributed by atoms with E-state index in [0.29, 0.717) is 10.0 Å². The Morgan fingerprint density at radius 1 is 1.20 bits per heavy atom. The highest BCUT2D eigenvalue weighted by molar-refractivity contribution is 14.1. The number of nitrogens with one attached hydrogen (secondary N) is 1. The lowest BCUT2D eigenvalue weighted by Crippen LogP contribution is -2.13. The van der Waals surface area contributed by atoms with Gasteiger partial charge in [0.1, 0.15) is 5.82 Å². The molecule has 0 aromatic heterocycles. The van der Waals surface area contributed by atoms with E-state index < -0.39 is 5.82 Å². The van der Waals surface area contributed by atoms with Gasteiger partial charge >= 0.3 is 0 Å². The third kappa shape index (κ3) is 3.63. The van der Waals surface area contributed by atoms with Crippen LogP contribution in [0.3, 0.4) is 0 Å². The Kier molecular flexibility index (Phi) is 5.28. The fourth-order valence-corrected chi connectivity index (χ4v) is 2.99. The highest BCUT2D eigenvalue weighted by Crippen LogP contribution is 2.32. The molecule has 104 valence electrons. The molecule has 2 rings (SSSR count). The van der Waals surface area contributed by atoms with Gasteiger partial charge in [0.2, 0.25) is 0 Å². The van der Waals surface area contributed by atoms with Crippen LogP contribution in [0.5, 0.6) is 0 Å². The monoisotopic (exact) mass is 487 g/mol. The number of anilines is 1. The second kappa shape index (κ2) is 6.60. The number of carbonyl (C=O) groups is 1. The molecule has 0 heterocycles. The molecule has 0 aliphatic rings. The molecule has 2 aromatic carbocycles. The molecule has 2 aromatic rings. The number of amides is 1. The van der Waals surface area contributed by atoms with Crippen molar-refractivity contribution in [3.8, 4) is 0 Å². The van der Waals surface area contributed by atoms with E-state index in [1.807, 2.05) is 6.07 Å². The third-order valence-corrected chi connectivity index (χ3v) is 4.38. The minimum atomic E-state index is -0.562. The summed E-state index contributed by atoms with van der Waals surface area (Å²) in [6.45, 7) is 0. The van der Waals surface area contributed by atoms with Crippen molar-refractivity contribution in [1.82, 2.24) is 0 Å². The zero-order valence-electron chi connectivity index (χ0n) is 9.68. The maximum atomic E-state index is 13.1. The number of rotatable bonds is 2. The SMILES string of the molecule is O=C(Nc1c(Cl)cc(F)cc1Cl)c1cc(I)ccc1Br. The topological polar surface area (TPSA) is 29.1 Å². The Balaban J connectivity index is 2.35. The van der Waals surface area contributed by atoms with Crippen LogP contribution in [0.1, 0.15) is 10.4 Å². The summed E-state index contributed by atoms with van der Waals surface area (Å²) in [5, 5.41) is 2.68. The summed E-state index contributed by atoms with van der Waals surface area (Å²) in [6.07, 6.45) is 0. The lowest BCUT2D eigenvalue weighted by molar-refractivity contribution is 0.102. The molecule has 0 atom stereocenters. The Morgan fingerprint density at radius 2 is 1.80 bits per heavy atom. The molecular weight excluding hydrogens is 483 g/mol. The summed E-state index contributed by atoms with van der Waals surface area (Å²) in [4.78, 5) is 12.2. The van der Waals surface area contributed by atoms with E-state index in [1.165, 1.54) is 0 Å². The van der Waals surface area contributed by atoms with Crippen molar-refractivity contribution in [2.24, 2.45) is 0 Å². The fraction of sp³-hybridized carbons (Fsp3) is 0. The van der Waals surface area contributed by atoms with Crippen molar-refractivity contribution in [1.29, 1.82) is 0 Å². The number of hydrogen-bond donors (Lipinski definition) is 1. The first-order chi connectivity index (χ1) is 9.38. The molecule has 0 aliphatic carbocycles. The average Bonchev–Trinajstić information content (AvgIpc) is 2.36. The van der Waals surface area contributed by atoms with Crippen molar-refractivity contribution in [3.05, 3.63) is 59.8 Å². The van der Waals surface area contributed by atoms with Gasteiger partial charge in [0, 0.05) is 8.04 Å². The second-order valence-electron chi connectivity index (χ2n) is 3.82. The molecule has 0 radical (unpaired) electrons. The van der Waals surface area contributed by atoms with E-state index >= 15 is 0 Å². The van der Waals surface area contributed by atoms with Crippen LogP contribution in [0.25, 0.3) is 0 Å². The first-order valence-electron chi connectivity index (χ1n) is 5.29. The second-order valence-corrected chi connectivity index (χ2v) is 6.74. The Bertz CT molecular complexity index is 673. The van der Waals surface area contributed by atoms with E-state index in [9.17, 15) is 9.18 Å². The zero-order chi connectivity index (χ0) is 14.9. The molecule has 0 fully saturated rings. The standard InChI is InChI=1S/C13H6BrCl2FINO/c14-9-2-1-7(18)5-8(9)13(20)19-12-10(15)3-6(17)4-11(12)16/h1-5H,(H,19,20). The van der Waals surface area contributed by atoms with Gasteiger partial charge in [-0.3, -0.25) is 4.79 Å². The normalized spacial score (nSPS) is 10.4. The van der Waals surface area contributed by atoms with E-state index in [0.717, 1.165) is 15.7 Å². The Morgan fingerprint density at radius 3 is 2.40 bits per heavy atom. The van der Waals surface area contributed by atoms with Crippen molar-refractivity contribution >= 4 is 73.3 Å². The third-order valence-electron chi connectivity index (χ3n) is 2.42. The van der Waals surface area contributed by atoms with Gasteiger partial charge < -0.3 is 5.32 Å². The molecule has 0 spiro atoms. The summed E-state index contributed by atoms with van der Waals surface area (Å²) >= 11 is 17.2. The predicted molar refractivity (Wildman–Crippen MR) is 91.2 cm³/mol. The molecule has 1 amide bonds. The van der Waals surface area contributed by atoms with E-state index in [4.69, 9.17) is 23.2 Å². The summed E-state index contributed by atoms with van der Waals surface area (Å²) in [5.41, 5.74) is 0.624. The van der Waals surface area contributed by atoms with Crippen LogP contribution in [-0.2, 0) is 0 Å². The van der Waals surface area contributed by atoms with E-state index in [-0.39, 0.29) is 21.6 Å². The molecule has 0 aliphatic heterocycles. The number of halogens is 5. The van der Waals surface area contributed by atoms with Gasteiger partial charge in [0.05, 0.1) is 21.3 Å². The van der Waals surface area contributed by atoms with Crippen LogP contribution < -0.4 is 5.32 Å². The molecule has 0 unspecified atom stereocenters. The van der Waals surface area contributed by atoms with Gasteiger partial charge in [0.25, 0.3) is 5.91 Å². The molecule has 0 saturated heterocycles. The van der Waals surface area contributed by atoms with Gasteiger partial charge in [-0.2, -0.15) is 0 Å². The van der Waals surface area contributed by atoms with Gasteiger partial charge in [-0.15, -0.1) is 0 Å². The molecule has 1 N–H and O–H groups in total. The lowest BCUT2D eigenvalue weighted by Gasteiger charge is -2.10. The molecule has 2 nitrogen and oxygen atoms in total. The van der Waals surface area contributed by atoms with Crippen molar-refractivity contribution in [2.45, 2.75) is 0 Å². The molecule has 7 heteroatoms. The molecule has 0 saturated carbocycles. The predicted octanol–water partition coefficient (Wildman–Crippen LogP) is 5.75. The quantitative estimate of drug-likeness (QED) is 0.536. The maximum Gasteiger partial charge on any atom is 0.256 e. The zero-order valence-corrected chi connectivity index (χ0v) is 14.9.